The summed E-state index contributed by atoms with van der Waals surface area (Å²) >= 11 is 5.89. The Kier molecular flexibility index (Phi) is 3.82. The molecule has 1 atom stereocenters. The van der Waals surface area contributed by atoms with Gasteiger partial charge in [0.25, 0.3) is 0 Å². The lowest BCUT2D eigenvalue weighted by molar-refractivity contribution is 0.231. The molecule has 0 amide bonds. The van der Waals surface area contributed by atoms with Gasteiger partial charge in [0, 0.05) is 11.1 Å². The highest BCUT2D eigenvalue weighted by molar-refractivity contribution is 6.30. The first kappa shape index (κ1) is 15.2. The summed E-state index contributed by atoms with van der Waals surface area (Å²) < 4.78 is 10.8. The summed E-state index contributed by atoms with van der Waals surface area (Å²) in [6.07, 6.45) is 0. The molecule has 1 aliphatic heterocycles. The van der Waals surface area contributed by atoms with Crippen molar-refractivity contribution in [2.45, 2.75) is 12.5 Å². The second kappa shape index (κ2) is 5.80. The average molecular weight is 331 g/mol. The van der Waals surface area contributed by atoms with Gasteiger partial charge in [-0.2, -0.15) is 5.26 Å². The predicted molar refractivity (Wildman–Crippen MR) is 81.7 cm³/mol. The maximum absolute atomic E-state index is 12.1. The smallest absolute Gasteiger partial charge is 0.228 e. The van der Waals surface area contributed by atoms with Gasteiger partial charge < -0.3 is 20.0 Å². The molecule has 0 aliphatic carbocycles. The third kappa shape index (κ3) is 2.57. The highest BCUT2D eigenvalue weighted by atomic mass is 35.5. The highest BCUT2D eigenvalue weighted by Crippen LogP contribution is 2.40. The van der Waals surface area contributed by atoms with Gasteiger partial charge in [-0.1, -0.05) is 23.7 Å². The second-order valence-electron chi connectivity index (χ2n) is 4.90. The zero-order valence-corrected chi connectivity index (χ0v) is 12.5. The van der Waals surface area contributed by atoms with Crippen LogP contribution in [-0.2, 0) is 6.61 Å². The van der Waals surface area contributed by atoms with Crippen LogP contribution in [-0.4, -0.2) is 5.11 Å². The number of aliphatic hydroxyl groups is 1. The SMILES string of the molecule is N#CC1=C(N)Oc2c(oc(CO)cc2=O)[C@@H]1c1ccc(Cl)cc1. The lowest BCUT2D eigenvalue weighted by atomic mass is 9.87. The Balaban J connectivity index is 2.28. The Bertz CT molecular complexity index is 894. The Morgan fingerprint density at radius 2 is 2.04 bits per heavy atom. The molecule has 0 spiro atoms. The fraction of sp³-hybridized carbons (Fsp3) is 0.125. The van der Waals surface area contributed by atoms with Crippen molar-refractivity contribution in [3.05, 3.63) is 74.1 Å². The fourth-order valence-corrected chi connectivity index (χ4v) is 2.58. The summed E-state index contributed by atoms with van der Waals surface area (Å²) in [5.41, 5.74) is 6.09. The molecular formula is C16H11ClN2O4. The summed E-state index contributed by atoms with van der Waals surface area (Å²) in [5, 5.41) is 19.2. The van der Waals surface area contributed by atoms with Crippen molar-refractivity contribution < 1.29 is 14.3 Å². The molecule has 3 N–H and O–H groups in total. The van der Waals surface area contributed by atoms with Crippen molar-refractivity contribution in [2.75, 3.05) is 0 Å². The largest absolute Gasteiger partial charge is 0.458 e. The van der Waals surface area contributed by atoms with E-state index in [-0.39, 0.29) is 28.7 Å². The molecule has 2 heterocycles. The van der Waals surface area contributed by atoms with Gasteiger partial charge in [-0.3, -0.25) is 4.79 Å². The minimum atomic E-state index is -0.708. The summed E-state index contributed by atoms with van der Waals surface area (Å²) in [5.74, 6) is -0.730. The zero-order chi connectivity index (χ0) is 16.6. The minimum absolute atomic E-state index is 0.0778. The second-order valence-corrected chi connectivity index (χ2v) is 5.34. The van der Waals surface area contributed by atoms with Crippen molar-refractivity contribution in [2.24, 2.45) is 5.73 Å². The van der Waals surface area contributed by atoms with Gasteiger partial charge in [-0.25, -0.2) is 0 Å². The van der Waals surface area contributed by atoms with E-state index < -0.39 is 18.0 Å². The molecule has 1 aromatic heterocycles. The Morgan fingerprint density at radius 1 is 1.35 bits per heavy atom. The molecule has 0 fully saturated rings. The molecule has 7 heteroatoms. The van der Waals surface area contributed by atoms with Gasteiger partial charge in [0.05, 0.1) is 5.92 Å². The Morgan fingerprint density at radius 3 is 2.65 bits per heavy atom. The first-order valence-corrected chi connectivity index (χ1v) is 7.03. The van der Waals surface area contributed by atoms with Crippen LogP contribution < -0.4 is 15.9 Å². The highest BCUT2D eigenvalue weighted by Gasteiger charge is 2.35. The van der Waals surface area contributed by atoms with Crippen LogP contribution in [0, 0.1) is 11.3 Å². The van der Waals surface area contributed by atoms with Crippen LogP contribution in [0.25, 0.3) is 0 Å². The number of benzene rings is 1. The molecule has 23 heavy (non-hydrogen) atoms. The summed E-state index contributed by atoms with van der Waals surface area (Å²) in [6.45, 7) is -0.447. The predicted octanol–water partition coefficient (Wildman–Crippen LogP) is 2.00. The van der Waals surface area contributed by atoms with E-state index in [1.165, 1.54) is 0 Å². The number of nitrogens with zero attached hydrogens (tertiary/aromatic N) is 1. The summed E-state index contributed by atoms with van der Waals surface area (Å²) in [6, 6.07) is 9.84. The topological polar surface area (TPSA) is 109 Å². The fourth-order valence-electron chi connectivity index (χ4n) is 2.45. The van der Waals surface area contributed by atoms with E-state index in [0.717, 1.165) is 6.07 Å². The van der Waals surface area contributed by atoms with Crippen molar-refractivity contribution in [1.82, 2.24) is 0 Å². The number of rotatable bonds is 2. The average Bonchev–Trinajstić information content (AvgIpc) is 2.55. The lowest BCUT2D eigenvalue weighted by Crippen LogP contribution is -2.25. The van der Waals surface area contributed by atoms with Crippen LogP contribution in [0.15, 0.2) is 51.0 Å². The van der Waals surface area contributed by atoms with Crippen LogP contribution in [0.1, 0.15) is 23.0 Å². The van der Waals surface area contributed by atoms with Crippen molar-refractivity contribution >= 4 is 11.6 Å². The number of nitrogens with two attached hydrogens (primary N) is 1. The van der Waals surface area contributed by atoms with Crippen molar-refractivity contribution in [1.29, 1.82) is 5.26 Å². The molecule has 1 aromatic carbocycles. The maximum Gasteiger partial charge on any atom is 0.228 e. The van der Waals surface area contributed by atoms with Crippen LogP contribution in [0.2, 0.25) is 5.02 Å². The number of hydrogen-bond donors (Lipinski definition) is 2. The van der Waals surface area contributed by atoms with E-state index in [4.69, 9.17) is 26.5 Å². The quantitative estimate of drug-likeness (QED) is 0.871. The molecule has 0 bridgehead atoms. The van der Waals surface area contributed by atoms with Gasteiger partial charge in [0.2, 0.25) is 17.1 Å². The van der Waals surface area contributed by atoms with Gasteiger partial charge >= 0.3 is 0 Å². The number of ether oxygens (including phenoxy) is 1. The van der Waals surface area contributed by atoms with Crippen LogP contribution in [0.5, 0.6) is 5.75 Å². The number of allylic oxidation sites excluding steroid dienone is 1. The van der Waals surface area contributed by atoms with E-state index in [1.807, 2.05) is 6.07 Å². The summed E-state index contributed by atoms with van der Waals surface area (Å²) in [7, 11) is 0. The molecule has 0 saturated carbocycles. The molecule has 2 aromatic rings. The molecule has 0 unspecified atom stereocenters. The molecule has 116 valence electrons. The third-order valence-electron chi connectivity index (χ3n) is 3.49. The van der Waals surface area contributed by atoms with Gasteiger partial charge in [-0.05, 0) is 17.7 Å². The number of halogens is 1. The third-order valence-corrected chi connectivity index (χ3v) is 3.74. The minimum Gasteiger partial charge on any atom is -0.458 e. The summed E-state index contributed by atoms with van der Waals surface area (Å²) in [4.78, 5) is 12.1. The van der Waals surface area contributed by atoms with E-state index in [0.29, 0.717) is 10.6 Å². The van der Waals surface area contributed by atoms with Crippen LogP contribution >= 0.6 is 11.6 Å². The lowest BCUT2D eigenvalue weighted by Gasteiger charge is -2.24. The van der Waals surface area contributed by atoms with Gasteiger partial charge in [0.15, 0.2) is 5.76 Å². The van der Waals surface area contributed by atoms with E-state index in [2.05, 4.69) is 0 Å². The first-order chi connectivity index (χ1) is 11.0. The normalized spacial score (nSPS) is 16.5. The Labute approximate surface area is 136 Å². The van der Waals surface area contributed by atoms with Crippen molar-refractivity contribution in [3.8, 4) is 11.8 Å². The van der Waals surface area contributed by atoms with Crippen LogP contribution in [0.4, 0.5) is 0 Å². The Hall–Kier alpha value is -2.75. The molecule has 3 rings (SSSR count). The zero-order valence-electron chi connectivity index (χ0n) is 11.7. The molecule has 6 nitrogen and oxygen atoms in total. The van der Waals surface area contributed by atoms with Gasteiger partial charge in [0.1, 0.15) is 24.0 Å². The number of nitriles is 1. The standard InChI is InChI=1S/C16H11ClN2O4/c17-9-3-1-8(2-4-9)13-11(6-18)16(19)23-14-12(21)5-10(7-20)22-15(13)14/h1-5,13,20H,7,19H2/t13-/m1/s1. The van der Waals surface area contributed by atoms with Crippen molar-refractivity contribution in [3.63, 3.8) is 0 Å². The maximum atomic E-state index is 12.1. The molecule has 0 radical (unpaired) electrons. The monoisotopic (exact) mass is 330 g/mol. The molecule has 1 aliphatic rings. The molecular weight excluding hydrogens is 320 g/mol. The first-order valence-electron chi connectivity index (χ1n) is 6.66. The van der Waals surface area contributed by atoms with Gasteiger partial charge in [-0.15, -0.1) is 0 Å². The van der Waals surface area contributed by atoms with E-state index in [9.17, 15) is 15.2 Å². The molecule has 0 saturated heterocycles. The van der Waals surface area contributed by atoms with E-state index in [1.54, 1.807) is 24.3 Å². The number of hydrogen-bond acceptors (Lipinski definition) is 6. The number of aliphatic hydroxyl groups excluding tert-OH is 1. The number of fused-ring (bicyclic) bond motifs is 1. The van der Waals surface area contributed by atoms with E-state index >= 15 is 0 Å². The van der Waals surface area contributed by atoms with Crippen LogP contribution in [0.3, 0.4) is 0 Å².